The van der Waals surface area contributed by atoms with E-state index < -0.39 is 37.5 Å². The number of esters is 1. The number of cyclic esters (lactones) is 1. The summed E-state index contributed by atoms with van der Waals surface area (Å²) < 4.78 is 20.5. The topological polar surface area (TPSA) is 165 Å². The van der Waals surface area contributed by atoms with Gasteiger partial charge in [0, 0.05) is 61.2 Å². The number of amides is 4. The van der Waals surface area contributed by atoms with E-state index in [2.05, 4.69) is 78.4 Å². The molecule has 67 heavy (non-hydrogen) atoms. The third-order valence-electron chi connectivity index (χ3n) is 13.6. The monoisotopic (exact) mass is 944 g/mol. The Bertz CT molecular complexity index is 2580. The Morgan fingerprint density at radius 2 is 1.88 bits per heavy atom. The van der Waals surface area contributed by atoms with Crippen molar-refractivity contribution in [1.29, 1.82) is 0 Å². The van der Waals surface area contributed by atoms with Gasteiger partial charge in [0.25, 0.3) is 14.9 Å². The first-order chi connectivity index (χ1) is 32.1. The quantitative estimate of drug-likeness (QED) is 0.114. The fraction of sp³-hybridized carbons (Fsp3) is 0.480. The molecule has 8 rings (SSSR count). The Morgan fingerprint density at radius 1 is 1.09 bits per heavy atom. The number of hydrazine groups is 1. The summed E-state index contributed by atoms with van der Waals surface area (Å²) in [6.45, 7) is 17.3. The predicted molar refractivity (Wildman–Crippen MR) is 257 cm³/mol. The minimum atomic E-state index is -2.45. The van der Waals surface area contributed by atoms with E-state index >= 15 is 0 Å². The lowest BCUT2D eigenvalue weighted by Crippen LogP contribution is -2.61. The molecule has 4 aromatic rings. The summed E-state index contributed by atoms with van der Waals surface area (Å²) >= 11 is 0. The second kappa shape index (κ2) is 19.6. The first-order valence-corrected chi connectivity index (χ1v) is 26.1. The van der Waals surface area contributed by atoms with Crippen LogP contribution in [0, 0.1) is 11.3 Å². The van der Waals surface area contributed by atoms with E-state index in [0.717, 1.165) is 50.1 Å². The number of ether oxygens (including phenoxy) is 3. The van der Waals surface area contributed by atoms with Gasteiger partial charge in [-0.2, -0.15) is 0 Å². The molecule has 6 bridgehead atoms. The second-order valence-corrected chi connectivity index (χ2v) is 22.5. The first-order valence-electron chi connectivity index (χ1n) is 23.3. The van der Waals surface area contributed by atoms with Crippen LogP contribution in [-0.2, 0) is 52.4 Å². The molecule has 15 nitrogen and oxygen atoms in total. The molecule has 0 aliphatic carbocycles. The highest BCUT2D eigenvalue weighted by Gasteiger charge is 2.56. The number of nitrogens with one attached hydrogen (secondary N) is 2. The molecule has 4 atom stereocenters. The maximum Gasteiger partial charge on any atom is 0.307 e. The predicted octanol–water partition coefficient (Wildman–Crippen LogP) is 6.12. The van der Waals surface area contributed by atoms with Gasteiger partial charge < -0.3 is 33.6 Å². The minimum Gasteiger partial charge on any atom is -0.465 e. The zero-order valence-corrected chi connectivity index (χ0v) is 41.6. The van der Waals surface area contributed by atoms with Crippen LogP contribution in [0.5, 0.6) is 0 Å². The first kappa shape index (κ1) is 48.0. The minimum absolute atomic E-state index is 0.0795. The number of pyridine rings is 1. The van der Waals surface area contributed by atoms with E-state index in [0.29, 0.717) is 45.3 Å². The van der Waals surface area contributed by atoms with Gasteiger partial charge in [0.2, 0.25) is 17.3 Å². The van der Waals surface area contributed by atoms with Gasteiger partial charge in [0.15, 0.2) is 15.3 Å². The van der Waals surface area contributed by atoms with Crippen molar-refractivity contribution in [3.63, 3.8) is 0 Å². The molecular weight excluding hydrogens is 883 g/mol. The molecule has 2 aromatic carbocycles. The zero-order chi connectivity index (χ0) is 47.8. The van der Waals surface area contributed by atoms with Crippen molar-refractivity contribution in [1.82, 2.24) is 34.4 Å². The number of benzene rings is 2. The number of methoxy groups -OCH3 is 1. The fourth-order valence-corrected chi connectivity index (χ4v) is 13.1. The molecule has 6 heterocycles. The van der Waals surface area contributed by atoms with Gasteiger partial charge in [-0.25, -0.2) is 0 Å². The Labute approximate surface area is 397 Å². The summed E-state index contributed by atoms with van der Waals surface area (Å²) in [5.41, 5.74) is 5.48. The molecule has 3 saturated heterocycles. The van der Waals surface area contributed by atoms with Crippen LogP contribution in [0.25, 0.3) is 33.3 Å². The van der Waals surface area contributed by atoms with Crippen molar-refractivity contribution in [2.24, 2.45) is 11.3 Å². The number of hydrogen-bond donors (Lipinski definition) is 2. The lowest BCUT2D eigenvalue weighted by atomic mass is 9.84. The number of fused-ring (bicyclic) bond motifs is 7. The number of aryl methyl sites for hydroxylation is 1. The third kappa shape index (κ3) is 9.53. The molecule has 3 fully saturated rings. The van der Waals surface area contributed by atoms with E-state index in [1.807, 2.05) is 39.0 Å². The average Bonchev–Trinajstić information content (AvgIpc) is 3.91. The van der Waals surface area contributed by atoms with Crippen LogP contribution in [0.1, 0.15) is 83.7 Å². The Morgan fingerprint density at radius 3 is 2.63 bits per heavy atom. The van der Waals surface area contributed by atoms with E-state index in [-0.39, 0.29) is 70.9 Å². The second-order valence-electron chi connectivity index (χ2n) is 19.3. The number of carbonyl (C=O) groups excluding carboxylic acids is 5. The van der Waals surface area contributed by atoms with E-state index in [9.17, 15) is 24.0 Å². The lowest BCUT2D eigenvalue weighted by molar-refractivity contribution is -0.146. The van der Waals surface area contributed by atoms with Gasteiger partial charge in [-0.3, -0.25) is 39.1 Å². The lowest BCUT2D eigenvalue weighted by Gasteiger charge is -2.32. The number of rotatable bonds is 9. The van der Waals surface area contributed by atoms with Crippen molar-refractivity contribution in [3.8, 4) is 22.4 Å². The van der Waals surface area contributed by atoms with Gasteiger partial charge >= 0.3 is 5.97 Å². The molecule has 353 valence electrons. The molecule has 3 radical (unpaired) electrons. The summed E-state index contributed by atoms with van der Waals surface area (Å²) in [7, 11) is -0.881. The molecule has 4 aliphatic heterocycles. The van der Waals surface area contributed by atoms with Crippen LogP contribution in [-0.4, -0.2) is 124 Å². The molecular formula is C50H62N7O8Si2. The standard InChI is InChI=1S/C50H62N7O8Si2/c1-9-41(58)54-23-20-50(28-54)47(61)56(30-65-50)43(31(3)4)45(59)52-67-27-33-14-11-15-34(24-33)35-18-19-39-37(25-35)38(44(55(39)10-2)36-16-12-21-51-42(36)32(5)63-8)26-49(6,7)29-64-46(60)40-17-13-22-57(48(67)62)53-66-40/h9,11-12,14-16,18-19,21,24-25,31-32,40,43,53H,1,10,13,17,20,22-23,26-30H2,2-8H3,(H,52,59)/t32-,40-,43-,50?/m0/s1. The normalized spacial score (nSPS) is 22.5. The van der Waals surface area contributed by atoms with Crippen LogP contribution < -0.4 is 10.1 Å². The van der Waals surface area contributed by atoms with Gasteiger partial charge in [-0.15, -0.1) is 0 Å². The number of carbonyl (C=O) groups is 5. The third-order valence-corrected chi connectivity index (χ3v) is 17.0. The number of hydrogen-bond acceptors (Lipinski definition) is 10. The average molecular weight is 945 g/mol. The number of likely N-dealkylation sites (tertiary alicyclic amines) is 1. The zero-order valence-electron chi connectivity index (χ0n) is 39.6. The maximum atomic E-state index is 14.8. The van der Waals surface area contributed by atoms with Gasteiger partial charge in [0.1, 0.15) is 12.8 Å². The van der Waals surface area contributed by atoms with Crippen LogP contribution in [0.15, 0.2) is 73.4 Å². The molecule has 4 aliphatic rings. The van der Waals surface area contributed by atoms with E-state index in [1.165, 1.54) is 15.9 Å². The smallest absolute Gasteiger partial charge is 0.307 e. The number of nitrogens with zero attached hydrogens (tertiary/aromatic N) is 5. The van der Waals surface area contributed by atoms with E-state index in [4.69, 9.17) is 19.2 Å². The van der Waals surface area contributed by atoms with Crippen LogP contribution in [0.4, 0.5) is 4.79 Å². The highest BCUT2D eigenvalue weighted by Crippen LogP contribution is 2.42. The van der Waals surface area contributed by atoms with Crippen molar-refractivity contribution in [3.05, 3.63) is 90.3 Å². The highest BCUT2D eigenvalue weighted by atomic mass is 28.3. The summed E-state index contributed by atoms with van der Waals surface area (Å²) in [5.74, 6) is -1.70. The SMILES string of the molecule is C=CC(=O)N1CCC2(C1)OCN([C@H](C(=O)N[Si]1Cc3cccc(c3)-c3ccc4c(c3)c(c(-c3cccnc3[C@H](C)OC)n4CC)CC(C)(C)COC(=O)[C@@H]3CCCN(N[Si]3)C1=O)C(C)C)C2=O. The van der Waals surface area contributed by atoms with Gasteiger partial charge in [0.05, 0.1) is 36.2 Å². The van der Waals surface area contributed by atoms with E-state index in [1.54, 1.807) is 18.3 Å². The number of aromatic nitrogens is 2. The van der Waals surface area contributed by atoms with Crippen LogP contribution in [0.2, 0.25) is 5.54 Å². The van der Waals surface area contributed by atoms with Gasteiger partial charge in [-0.1, -0.05) is 64.6 Å². The summed E-state index contributed by atoms with van der Waals surface area (Å²) in [6, 6.07) is 18.0. The Hall–Kier alpha value is -5.47. The van der Waals surface area contributed by atoms with Crippen LogP contribution in [0.3, 0.4) is 0 Å². The van der Waals surface area contributed by atoms with Gasteiger partial charge in [-0.05, 0) is 97.7 Å². The largest absolute Gasteiger partial charge is 0.465 e. The maximum absolute atomic E-state index is 14.8. The molecule has 2 aromatic heterocycles. The van der Waals surface area contributed by atoms with Crippen molar-refractivity contribution in [2.75, 3.05) is 40.1 Å². The van der Waals surface area contributed by atoms with Crippen molar-refractivity contribution < 1.29 is 38.2 Å². The summed E-state index contributed by atoms with van der Waals surface area (Å²) in [6.07, 6.45) is 4.78. The molecule has 1 spiro atoms. The summed E-state index contributed by atoms with van der Waals surface area (Å²) in [4.78, 5) is 81.0. The highest BCUT2D eigenvalue weighted by molar-refractivity contribution is 6.88. The van der Waals surface area contributed by atoms with Crippen LogP contribution >= 0.6 is 0 Å². The molecule has 2 N–H and O–H groups in total. The molecule has 1 unspecified atom stereocenters. The Balaban J connectivity index is 1.18. The molecule has 0 saturated carbocycles. The molecule has 17 heteroatoms. The Kier molecular flexibility index (Phi) is 14.1. The molecule has 4 amide bonds. The van der Waals surface area contributed by atoms with Crippen molar-refractivity contribution >= 4 is 58.8 Å². The van der Waals surface area contributed by atoms with Crippen molar-refractivity contribution in [2.45, 2.75) is 103 Å². The fourth-order valence-electron chi connectivity index (χ4n) is 10.0. The summed E-state index contributed by atoms with van der Waals surface area (Å²) in [5, 5.41) is 5.94.